The smallest absolute Gasteiger partial charge is 0.393 e. The zero-order valence-electron chi connectivity index (χ0n) is 11.1. The van der Waals surface area contributed by atoms with Crippen LogP contribution in [-0.4, -0.2) is 35.2 Å². The summed E-state index contributed by atoms with van der Waals surface area (Å²) in [7, 11) is 0. The quantitative estimate of drug-likeness (QED) is 0.862. The molecule has 1 amide bonds. The largest absolute Gasteiger partial charge is 0.508 e. The Hall–Kier alpha value is -1.72. The summed E-state index contributed by atoms with van der Waals surface area (Å²) in [4.78, 5) is 13.4. The van der Waals surface area contributed by atoms with E-state index >= 15 is 0 Å². The number of nitrogens with zero attached hydrogens (tertiary/aromatic N) is 1. The highest BCUT2D eigenvalue weighted by atomic mass is 19.4. The van der Waals surface area contributed by atoms with Crippen molar-refractivity contribution in [2.24, 2.45) is 5.92 Å². The van der Waals surface area contributed by atoms with Crippen LogP contribution in [0.5, 0.6) is 5.75 Å². The van der Waals surface area contributed by atoms with Crippen LogP contribution >= 0.6 is 0 Å². The van der Waals surface area contributed by atoms with Crippen LogP contribution in [-0.2, 0) is 0 Å². The van der Waals surface area contributed by atoms with Crippen LogP contribution in [0.1, 0.15) is 28.8 Å². The minimum absolute atomic E-state index is 0.0276. The van der Waals surface area contributed by atoms with Gasteiger partial charge in [0.15, 0.2) is 0 Å². The minimum Gasteiger partial charge on any atom is -0.508 e. The number of piperidine rings is 1. The minimum atomic E-state index is -4.27. The Kier molecular flexibility index (Phi) is 3.92. The molecule has 1 aromatic carbocycles. The van der Waals surface area contributed by atoms with Crippen molar-refractivity contribution in [3.05, 3.63) is 29.3 Å². The van der Waals surface area contributed by atoms with E-state index in [9.17, 15) is 23.1 Å². The van der Waals surface area contributed by atoms with E-state index in [2.05, 4.69) is 0 Å². The molecule has 0 bridgehead atoms. The van der Waals surface area contributed by atoms with Crippen molar-refractivity contribution in [3.63, 3.8) is 0 Å². The molecule has 0 saturated carbocycles. The predicted molar refractivity (Wildman–Crippen MR) is 67.5 cm³/mol. The van der Waals surface area contributed by atoms with Crippen molar-refractivity contribution in [2.45, 2.75) is 25.9 Å². The van der Waals surface area contributed by atoms with Crippen LogP contribution < -0.4 is 0 Å². The van der Waals surface area contributed by atoms with Gasteiger partial charge in [-0.15, -0.1) is 0 Å². The van der Waals surface area contributed by atoms with E-state index in [-0.39, 0.29) is 24.3 Å². The normalized spacial score (nSPS) is 20.0. The van der Waals surface area contributed by atoms with Gasteiger partial charge in [-0.2, -0.15) is 13.2 Å². The van der Waals surface area contributed by atoms with Crippen LogP contribution in [0, 0.1) is 12.8 Å². The summed E-state index contributed by atoms with van der Waals surface area (Å²) >= 11 is 0. The lowest BCUT2D eigenvalue weighted by atomic mass is 9.96. The summed E-state index contributed by atoms with van der Waals surface area (Å²) in [5.74, 6) is -1.95. The van der Waals surface area contributed by atoms with Gasteiger partial charge in [0, 0.05) is 18.7 Å². The van der Waals surface area contributed by atoms with Crippen molar-refractivity contribution >= 4 is 5.91 Å². The highest BCUT2D eigenvalue weighted by Gasteiger charge is 2.42. The Morgan fingerprint density at radius 1 is 1.40 bits per heavy atom. The highest BCUT2D eigenvalue weighted by molar-refractivity contribution is 5.94. The van der Waals surface area contributed by atoms with Gasteiger partial charge >= 0.3 is 6.18 Å². The molecular weight excluding hydrogens is 271 g/mol. The van der Waals surface area contributed by atoms with Gasteiger partial charge in [-0.05, 0) is 37.5 Å². The van der Waals surface area contributed by atoms with Gasteiger partial charge < -0.3 is 10.0 Å². The molecule has 1 aliphatic heterocycles. The Morgan fingerprint density at radius 3 is 2.70 bits per heavy atom. The summed E-state index contributed by atoms with van der Waals surface area (Å²) in [6, 6.07) is 4.40. The second-order valence-electron chi connectivity index (χ2n) is 5.13. The number of carbonyl (C=O) groups excluding carboxylic acids is 1. The lowest BCUT2D eigenvalue weighted by Crippen LogP contribution is -2.44. The molecule has 1 fully saturated rings. The average molecular weight is 287 g/mol. The van der Waals surface area contributed by atoms with Gasteiger partial charge in [-0.25, -0.2) is 0 Å². The second kappa shape index (κ2) is 5.34. The molecule has 1 heterocycles. The Labute approximate surface area is 115 Å². The monoisotopic (exact) mass is 287 g/mol. The summed E-state index contributed by atoms with van der Waals surface area (Å²) < 4.78 is 38.2. The zero-order chi connectivity index (χ0) is 14.9. The van der Waals surface area contributed by atoms with Crippen molar-refractivity contribution in [2.75, 3.05) is 13.1 Å². The standard InChI is InChI=1S/C14H16F3NO2/c1-9-4-5-10(7-12(9)19)13(20)18-6-2-3-11(8-18)14(15,16)17/h4-5,7,11,19H,2-3,6,8H2,1H3. The van der Waals surface area contributed by atoms with E-state index in [1.54, 1.807) is 13.0 Å². The molecular formula is C14H16F3NO2. The van der Waals surface area contributed by atoms with Gasteiger partial charge in [0.1, 0.15) is 5.75 Å². The molecule has 0 aliphatic carbocycles. The predicted octanol–water partition coefficient (Wildman–Crippen LogP) is 3.12. The summed E-state index contributed by atoms with van der Waals surface area (Å²) in [6.45, 7) is 1.70. The number of halogens is 3. The molecule has 3 nitrogen and oxygen atoms in total. The van der Waals surface area contributed by atoms with Crippen LogP contribution in [0.3, 0.4) is 0 Å². The number of aryl methyl sites for hydroxylation is 1. The van der Waals surface area contributed by atoms with Crippen LogP contribution in [0.15, 0.2) is 18.2 Å². The lowest BCUT2D eigenvalue weighted by molar-refractivity contribution is -0.184. The van der Waals surface area contributed by atoms with E-state index in [1.807, 2.05) is 0 Å². The SMILES string of the molecule is Cc1ccc(C(=O)N2CCCC(C(F)(F)F)C2)cc1O. The molecule has 0 spiro atoms. The molecule has 20 heavy (non-hydrogen) atoms. The number of rotatable bonds is 1. The number of hydrogen-bond donors (Lipinski definition) is 1. The van der Waals surface area contributed by atoms with Gasteiger partial charge in [0.2, 0.25) is 0 Å². The van der Waals surface area contributed by atoms with Gasteiger partial charge in [0.25, 0.3) is 5.91 Å². The van der Waals surface area contributed by atoms with Gasteiger partial charge in [0.05, 0.1) is 5.92 Å². The molecule has 0 radical (unpaired) electrons. The van der Waals surface area contributed by atoms with E-state index < -0.39 is 18.0 Å². The first kappa shape index (κ1) is 14.7. The Morgan fingerprint density at radius 2 is 2.10 bits per heavy atom. The average Bonchev–Trinajstić information content (AvgIpc) is 2.40. The number of aromatic hydroxyl groups is 1. The molecule has 1 atom stereocenters. The first-order valence-electron chi connectivity index (χ1n) is 6.44. The third-order valence-corrected chi connectivity index (χ3v) is 3.63. The molecule has 0 aromatic heterocycles. The first-order valence-corrected chi connectivity index (χ1v) is 6.44. The third-order valence-electron chi connectivity index (χ3n) is 3.63. The number of carbonyl (C=O) groups is 1. The first-order chi connectivity index (χ1) is 9.29. The zero-order valence-corrected chi connectivity index (χ0v) is 11.1. The molecule has 1 saturated heterocycles. The van der Waals surface area contributed by atoms with Crippen LogP contribution in [0.2, 0.25) is 0 Å². The lowest BCUT2D eigenvalue weighted by Gasteiger charge is -2.33. The molecule has 2 rings (SSSR count). The third kappa shape index (κ3) is 3.05. The fourth-order valence-electron chi connectivity index (χ4n) is 2.35. The topological polar surface area (TPSA) is 40.5 Å². The molecule has 6 heteroatoms. The highest BCUT2D eigenvalue weighted by Crippen LogP contribution is 2.33. The maximum atomic E-state index is 12.7. The molecule has 1 aliphatic rings. The number of benzene rings is 1. The van der Waals surface area contributed by atoms with Crippen molar-refractivity contribution in [3.8, 4) is 5.75 Å². The fraction of sp³-hybridized carbons (Fsp3) is 0.500. The van der Waals surface area contributed by atoms with E-state index in [0.29, 0.717) is 18.5 Å². The van der Waals surface area contributed by atoms with Crippen LogP contribution in [0.4, 0.5) is 13.2 Å². The van der Waals surface area contributed by atoms with Crippen molar-refractivity contribution in [1.29, 1.82) is 0 Å². The maximum absolute atomic E-state index is 12.7. The summed E-state index contributed by atoms with van der Waals surface area (Å²) in [5, 5.41) is 9.58. The molecule has 1 N–H and O–H groups in total. The fourth-order valence-corrected chi connectivity index (χ4v) is 2.35. The Bertz CT molecular complexity index is 514. The van der Waals surface area contributed by atoms with E-state index in [4.69, 9.17) is 0 Å². The number of phenolic OH excluding ortho intramolecular Hbond substituents is 1. The van der Waals surface area contributed by atoms with Crippen molar-refractivity contribution < 1.29 is 23.1 Å². The number of alkyl halides is 3. The summed E-state index contributed by atoms with van der Waals surface area (Å²) in [6.07, 6.45) is -3.87. The number of hydrogen-bond acceptors (Lipinski definition) is 2. The second-order valence-corrected chi connectivity index (χ2v) is 5.13. The molecule has 1 unspecified atom stereocenters. The van der Waals surface area contributed by atoms with Crippen LogP contribution in [0.25, 0.3) is 0 Å². The number of likely N-dealkylation sites (tertiary alicyclic amines) is 1. The summed E-state index contributed by atoms with van der Waals surface area (Å²) in [5.41, 5.74) is 0.837. The van der Waals surface area contributed by atoms with Gasteiger partial charge in [-0.1, -0.05) is 6.07 Å². The number of phenols is 1. The Balaban J connectivity index is 2.14. The van der Waals surface area contributed by atoms with E-state index in [0.717, 1.165) is 0 Å². The number of amides is 1. The maximum Gasteiger partial charge on any atom is 0.393 e. The molecule has 110 valence electrons. The van der Waals surface area contributed by atoms with Gasteiger partial charge in [-0.3, -0.25) is 4.79 Å². The van der Waals surface area contributed by atoms with E-state index in [1.165, 1.54) is 17.0 Å². The van der Waals surface area contributed by atoms with Crippen molar-refractivity contribution in [1.82, 2.24) is 4.90 Å². The molecule has 1 aromatic rings.